The molecule has 0 fully saturated rings. The van der Waals surface area contributed by atoms with Crippen LogP contribution in [0.1, 0.15) is 23.5 Å². The molecule has 3 rings (SSSR count). The molecule has 0 N–H and O–H groups in total. The van der Waals surface area contributed by atoms with E-state index in [2.05, 4.69) is 4.98 Å². The van der Waals surface area contributed by atoms with Crippen molar-refractivity contribution in [1.82, 2.24) is 4.98 Å². The molecule has 0 amide bonds. The van der Waals surface area contributed by atoms with Crippen molar-refractivity contribution in [2.45, 2.75) is 25.1 Å². The van der Waals surface area contributed by atoms with Crippen LogP contribution >= 0.6 is 0 Å². The van der Waals surface area contributed by atoms with Gasteiger partial charge in [0.15, 0.2) is 0 Å². The first-order valence-corrected chi connectivity index (χ1v) is 8.86. The molecule has 0 saturated heterocycles. The standard InChI is InChI=1S/C22H18F3NO3/c23-22(24,25)20(17-4-2-1-3-5-17)14-21(27)29-19-8-6-18(7-9-19)28-15-16-10-12-26-13-11-16/h1-13,20H,14-15H2. The van der Waals surface area contributed by atoms with E-state index in [-0.39, 0.29) is 11.3 Å². The topological polar surface area (TPSA) is 48.4 Å². The van der Waals surface area contributed by atoms with Crippen LogP contribution in [-0.4, -0.2) is 17.1 Å². The molecule has 0 spiro atoms. The summed E-state index contributed by atoms with van der Waals surface area (Å²) >= 11 is 0. The average molecular weight is 401 g/mol. The summed E-state index contributed by atoms with van der Waals surface area (Å²) in [6.45, 7) is 0.339. The number of rotatable bonds is 7. The molecule has 7 heteroatoms. The molecular formula is C22H18F3NO3. The lowest BCUT2D eigenvalue weighted by Gasteiger charge is -2.19. The van der Waals surface area contributed by atoms with Crippen LogP contribution in [0.3, 0.4) is 0 Å². The number of pyridine rings is 1. The monoisotopic (exact) mass is 401 g/mol. The largest absolute Gasteiger partial charge is 0.489 e. The molecule has 1 unspecified atom stereocenters. The zero-order valence-corrected chi connectivity index (χ0v) is 15.3. The number of hydrogen-bond acceptors (Lipinski definition) is 4. The van der Waals surface area contributed by atoms with Crippen LogP contribution in [0.25, 0.3) is 0 Å². The highest BCUT2D eigenvalue weighted by Gasteiger charge is 2.42. The first kappa shape index (κ1) is 20.4. The maximum absolute atomic E-state index is 13.4. The second kappa shape index (κ2) is 9.23. The van der Waals surface area contributed by atoms with E-state index in [1.54, 1.807) is 30.6 Å². The average Bonchev–Trinajstić information content (AvgIpc) is 2.72. The Morgan fingerprint density at radius 1 is 0.897 bits per heavy atom. The van der Waals surface area contributed by atoms with Gasteiger partial charge in [-0.25, -0.2) is 0 Å². The maximum atomic E-state index is 13.4. The summed E-state index contributed by atoms with van der Waals surface area (Å²) < 4.78 is 50.7. The zero-order valence-electron chi connectivity index (χ0n) is 15.3. The van der Waals surface area contributed by atoms with Crippen LogP contribution in [0.15, 0.2) is 79.1 Å². The van der Waals surface area contributed by atoms with E-state index in [0.29, 0.717) is 12.4 Å². The predicted molar refractivity (Wildman–Crippen MR) is 101 cm³/mol. The lowest BCUT2D eigenvalue weighted by atomic mass is 9.95. The lowest BCUT2D eigenvalue weighted by molar-refractivity contribution is -0.162. The molecule has 2 aromatic carbocycles. The van der Waals surface area contributed by atoms with Crippen molar-refractivity contribution in [2.24, 2.45) is 0 Å². The minimum atomic E-state index is -4.55. The van der Waals surface area contributed by atoms with Gasteiger partial charge in [-0.15, -0.1) is 0 Å². The minimum absolute atomic E-state index is 0.0248. The number of alkyl halides is 3. The van der Waals surface area contributed by atoms with Crippen molar-refractivity contribution >= 4 is 5.97 Å². The Morgan fingerprint density at radius 2 is 1.52 bits per heavy atom. The number of benzene rings is 2. The smallest absolute Gasteiger partial charge is 0.396 e. The molecule has 0 radical (unpaired) electrons. The molecule has 0 saturated carbocycles. The van der Waals surface area contributed by atoms with E-state index in [9.17, 15) is 18.0 Å². The summed E-state index contributed by atoms with van der Waals surface area (Å²) in [6, 6.07) is 17.1. The summed E-state index contributed by atoms with van der Waals surface area (Å²) in [7, 11) is 0. The van der Waals surface area contributed by atoms with Crippen molar-refractivity contribution in [3.63, 3.8) is 0 Å². The molecule has 3 aromatic rings. The zero-order chi connectivity index (χ0) is 20.7. The van der Waals surface area contributed by atoms with Gasteiger partial charge in [0.05, 0.1) is 12.3 Å². The van der Waals surface area contributed by atoms with Gasteiger partial charge in [0.1, 0.15) is 18.1 Å². The Kier molecular flexibility index (Phi) is 6.49. The summed E-state index contributed by atoms with van der Waals surface area (Å²) in [5, 5.41) is 0. The third kappa shape index (κ3) is 6.07. The first-order valence-electron chi connectivity index (χ1n) is 8.86. The Balaban J connectivity index is 1.58. The van der Waals surface area contributed by atoms with Crippen LogP contribution in [0, 0.1) is 0 Å². The molecular weight excluding hydrogens is 383 g/mol. The van der Waals surface area contributed by atoms with Gasteiger partial charge in [0.25, 0.3) is 0 Å². The van der Waals surface area contributed by atoms with Gasteiger partial charge in [-0.2, -0.15) is 13.2 Å². The van der Waals surface area contributed by atoms with Gasteiger partial charge < -0.3 is 9.47 Å². The Hall–Kier alpha value is -3.35. The molecule has 0 bridgehead atoms. The Labute approximate surface area is 165 Å². The number of aromatic nitrogens is 1. The van der Waals surface area contributed by atoms with Gasteiger partial charge >= 0.3 is 12.1 Å². The summed E-state index contributed by atoms with van der Waals surface area (Å²) in [5.74, 6) is -2.18. The fourth-order valence-electron chi connectivity index (χ4n) is 2.70. The van der Waals surface area contributed by atoms with Crippen LogP contribution in [0.2, 0.25) is 0 Å². The predicted octanol–water partition coefficient (Wildman–Crippen LogP) is 5.30. The fourth-order valence-corrected chi connectivity index (χ4v) is 2.70. The van der Waals surface area contributed by atoms with Crippen LogP contribution in [-0.2, 0) is 11.4 Å². The number of carbonyl (C=O) groups is 1. The van der Waals surface area contributed by atoms with Crippen molar-refractivity contribution < 1.29 is 27.4 Å². The van der Waals surface area contributed by atoms with Crippen molar-refractivity contribution in [2.75, 3.05) is 0 Å². The molecule has 4 nitrogen and oxygen atoms in total. The van der Waals surface area contributed by atoms with E-state index < -0.39 is 24.5 Å². The molecule has 150 valence electrons. The molecule has 29 heavy (non-hydrogen) atoms. The van der Waals surface area contributed by atoms with Crippen molar-refractivity contribution in [1.29, 1.82) is 0 Å². The number of carbonyl (C=O) groups excluding carboxylic acids is 1. The summed E-state index contributed by atoms with van der Waals surface area (Å²) in [6.07, 6.45) is -2.03. The van der Waals surface area contributed by atoms with Crippen LogP contribution in [0.5, 0.6) is 11.5 Å². The van der Waals surface area contributed by atoms with Gasteiger partial charge in [0, 0.05) is 12.4 Å². The highest BCUT2D eigenvalue weighted by Crippen LogP contribution is 2.37. The lowest BCUT2D eigenvalue weighted by Crippen LogP contribution is -2.25. The maximum Gasteiger partial charge on any atom is 0.396 e. The number of esters is 1. The van der Waals surface area contributed by atoms with Crippen molar-refractivity contribution in [3.8, 4) is 11.5 Å². The van der Waals surface area contributed by atoms with E-state index in [0.717, 1.165) is 5.56 Å². The third-order valence-electron chi connectivity index (χ3n) is 4.18. The SMILES string of the molecule is O=C(CC(c1ccccc1)C(F)(F)F)Oc1ccc(OCc2ccncc2)cc1. The third-order valence-corrected chi connectivity index (χ3v) is 4.18. The minimum Gasteiger partial charge on any atom is -0.489 e. The quantitative estimate of drug-likeness (QED) is 0.398. The number of hydrogen-bond donors (Lipinski definition) is 0. The molecule has 0 aliphatic rings. The van der Waals surface area contributed by atoms with Gasteiger partial charge in [-0.05, 0) is 47.5 Å². The van der Waals surface area contributed by atoms with Crippen molar-refractivity contribution in [3.05, 3.63) is 90.3 Å². The first-order chi connectivity index (χ1) is 13.9. The molecule has 0 aliphatic carbocycles. The summed E-state index contributed by atoms with van der Waals surface area (Å²) in [5.41, 5.74) is 0.964. The Morgan fingerprint density at radius 3 is 2.14 bits per heavy atom. The Bertz CT molecular complexity index is 914. The second-order valence-corrected chi connectivity index (χ2v) is 6.30. The molecule has 1 atom stereocenters. The number of ether oxygens (including phenoxy) is 2. The number of halogens is 3. The van der Waals surface area contributed by atoms with Gasteiger partial charge in [0.2, 0.25) is 0 Å². The van der Waals surface area contributed by atoms with E-state index in [4.69, 9.17) is 9.47 Å². The highest BCUT2D eigenvalue weighted by molar-refractivity contribution is 5.73. The second-order valence-electron chi connectivity index (χ2n) is 6.30. The normalized spacial score (nSPS) is 12.2. The molecule has 1 heterocycles. The number of nitrogens with zero attached hydrogens (tertiary/aromatic N) is 1. The van der Waals surface area contributed by atoms with Gasteiger partial charge in [-0.1, -0.05) is 30.3 Å². The van der Waals surface area contributed by atoms with E-state index in [1.165, 1.54) is 36.4 Å². The summed E-state index contributed by atoms with van der Waals surface area (Å²) in [4.78, 5) is 16.0. The van der Waals surface area contributed by atoms with Crippen LogP contribution < -0.4 is 9.47 Å². The fraction of sp³-hybridized carbons (Fsp3) is 0.182. The highest BCUT2D eigenvalue weighted by atomic mass is 19.4. The molecule has 0 aliphatic heterocycles. The van der Waals surface area contributed by atoms with E-state index >= 15 is 0 Å². The molecule has 1 aromatic heterocycles. The van der Waals surface area contributed by atoms with Gasteiger partial charge in [-0.3, -0.25) is 9.78 Å². The van der Waals surface area contributed by atoms with E-state index in [1.807, 2.05) is 12.1 Å². The van der Waals surface area contributed by atoms with Crippen LogP contribution in [0.4, 0.5) is 13.2 Å².